The van der Waals surface area contributed by atoms with Gasteiger partial charge in [-0.05, 0) is 31.4 Å². The Morgan fingerprint density at radius 1 is 1.24 bits per heavy atom. The highest BCUT2D eigenvalue weighted by Crippen LogP contribution is 2.33. The van der Waals surface area contributed by atoms with Crippen LogP contribution in [-0.2, 0) is 11.3 Å². The van der Waals surface area contributed by atoms with Gasteiger partial charge in [-0.1, -0.05) is 18.2 Å². The monoisotopic (exact) mass is 336 g/mol. The second-order valence-corrected chi connectivity index (χ2v) is 6.80. The minimum atomic E-state index is -0.0197. The van der Waals surface area contributed by atoms with E-state index in [2.05, 4.69) is 26.9 Å². The lowest BCUT2D eigenvalue weighted by molar-refractivity contribution is -0.00561. The Balaban J connectivity index is 1.64. The van der Waals surface area contributed by atoms with Crippen molar-refractivity contribution in [2.45, 2.75) is 38.0 Å². The summed E-state index contributed by atoms with van der Waals surface area (Å²) in [5.41, 5.74) is 2.65. The van der Waals surface area contributed by atoms with E-state index in [1.165, 1.54) is 0 Å². The van der Waals surface area contributed by atoms with E-state index in [1.807, 2.05) is 23.1 Å². The molecule has 6 nitrogen and oxygen atoms in total. The molecule has 3 aromatic rings. The Morgan fingerprint density at radius 3 is 2.96 bits per heavy atom. The number of carbonyl (C=O) groups is 1. The summed E-state index contributed by atoms with van der Waals surface area (Å²) < 4.78 is 8.21. The number of fused-ring (bicyclic) bond motifs is 3. The summed E-state index contributed by atoms with van der Waals surface area (Å²) in [5, 5.41) is 7.97. The summed E-state index contributed by atoms with van der Waals surface area (Å²) >= 11 is 0. The number of amides is 1. The molecule has 2 aromatic heterocycles. The third-order valence-electron chi connectivity index (χ3n) is 5.36. The predicted molar refractivity (Wildman–Crippen MR) is 94.7 cm³/mol. The van der Waals surface area contributed by atoms with Crippen LogP contribution in [0, 0.1) is 0 Å². The molecule has 2 unspecified atom stereocenters. The molecule has 0 radical (unpaired) electrons. The Labute approximate surface area is 145 Å². The molecule has 2 aliphatic rings. The first-order valence-electron chi connectivity index (χ1n) is 8.85. The third-order valence-corrected chi connectivity index (χ3v) is 5.36. The van der Waals surface area contributed by atoms with E-state index in [0.29, 0.717) is 0 Å². The zero-order valence-corrected chi connectivity index (χ0v) is 13.9. The number of ether oxygens (including phenoxy) is 1. The molecule has 25 heavy (non-hydrogen) atoms. The average molecular weight is 336 g/mol. The van der Waals surface area contributed by atoms with Gasteiger partial charge >= 0.3 is 0 Å². The largest absolute Gasteiger partial charge is 0.376 e. The van der Waals surface area contributed by atoms with Gasteiger partial charge in [0.15, 0.2) is 0 Å². The van der Waals surface area contributed by atoms with E-state index >= 15 is 0 Å². The Kier molecular flexibility index (Phi) is 3.38. The van der Waals surface area contributed by atoms with E-state index in [1.54, 1.807) is 12.4 Å². The number of hydrogen-bond acceptors (Lipinski definition) is 3. The van der Waals surface area contributed by atoms with Gasteiger partial charge in [0.2, 0.25) is 0 Å². The molecule has 1 amide bonds. The molecule has 5 rings (SSSR count). The van der Waals surface area contributed by atoms with Crippen molar-refractivity contribution in [2.24, 2.45) is 0 Å². The highest BCUT2D eigenvalue weighted by atomic mass is 16.5. The van der Waals surface area contributed by atoms with Crippen LogP contribution in [0.3, 0.4) is 0 Å². The number of benzene rings is 1. The van der Waals surface area contributed by atoms with E-state index < -0.39 is 0 Å². The van der Waals surface area contributed by atoms with E-state index in [4.69, 9.17) is 4.74 Å². The second kappa shape index (κ2) is 5.74. The van der Waals surface area contributed by atoms with Crippen molar-refractivity contribution >= 4 is 22.5 Å². The van der Waals surface area contributed by atoms with Gasteiger partial charge in [0.1, 0.15) is 5.69 Å². The highest BCUT2D eigenvalue weighted by molar-refractivity contribution is 6.09. The fourth-order valence-electron chi connectivity index (χ4n) is 4.16. The van der Waals surface area contributed by atoms with Crippen LogP contribution >= 0.6 is 0 Å². The number of anilines is 1. The number of nitrogens with one attached hydrogen (secondary N) is 1. The summed E-state index contributed by atoms with van der Waals surface area (Å²) in [6.07, 6.45) is 6.79. The van der Waals surface area contributed by atoms with Gasteiger partial charge < -0.3 is 9.30 Å². The maximum absolute atomic E-state index is 13.3. The number of carbonyl (C=O) groups excluding carboxylic acids is 1. The van der Waals surface area contributed by atoms with Crippen molar-refractivity contribution in [1.82, 2.24) is 14.8 Å². The SMILES string of the molecule is O=C1c2cc3ccccc3n2CC(C2CCCCO2)N1c1cn[nH]c1. The van der Waals surface area contributed by atoms with E-state index in [0.717, 1.165) is 54.7 Å². The minimum absolute atomic E-state index is 0.0167. The Morgan fingerprint density at radius 2 is 2.16 bits per heavy atom. The van der Waals surface area contributed by atoms with Gasteiger partial charge in [0, 0.05) is 30.3 Å². The number of H-pyrrole nitrogens is 1. The zero-order valence-electron chi connectivity index (χ0n) is 13.9. The molecule has 1 saturated heterocycles. The fraction of sp³-hybridized carbons (Fsp3) is 0.368. The van der Waals surface area contributed by atoms with Crippen LogP contribution in [0.15, 0.2) is 42.7 Å². The van der Waals surface area contributed by atoms with Crippen molar-refractivity contribution in [3.05, 3.63) is 48.4 Å². The Bertz CT molecular complexity index is 909. The molecule has 2 atom stereocenters. The molecular weight excluding hydrogens is 316 g/mol. The average Bonchev–Trinajstić information content (AvgIpc) is 3.30. The highest BCUT2D eigenvalue weighted by Gasteiger charge is 2.40. The van der Waals surface area contributed by atoms with Crippen molar-refractivity contribution in [3.63, 3.8) is 0 Å². The quantitative estimate of drug-likeness (QED) is 0.782. The number of aromatic amines is 1. The minimum Gasteiger partial charge on any atom is -0.376 e. The lowest BCUT2D eigenvalue weighted by Gasteiger charge is -2.41. The van der Waals surface area contributed by atoms with Crippen molar-refractivity contribution in [3.8, 4) is 0 Å². The zero-order chi connectivity index (χ0) is 16.8. The smallest absolute Gasteiger partial charge is 0.275 e. The lowest BCUT2D eigenvalue weighted by Crippen LogP contribution is -2.55. The predicted octanol–water partition coefficient (Wildman–Crippen LogP) is 2.96. The molecule has 6 heteroatoms. The number of para-hydroxylation sites is 1. The number of rotatable bonds is 2. The van der Waals surface area contributed by atoms with Crippen molar-refractivity contribution < 1.29 is 9.53 Å². The molecule has 1 aromatic carbocycles. The van der Waals surface area contributed by atoms with Crippen LogP contribution in [0.1, 0.15) is 29.8 Å². The van der Waals surface area contributed by atoms with Crippen molar-refractivity contribution in [1.29, 1.82) is 0 Å². The standard InChI is InChI=1S/C19H20N4O2/c24-19-16-9-13-5-1-2-6-15(13)22(16)12-17(18-7-3-4-8-25-18)23(19)14-10-20-21-11-14/h1-2,5-6,9-11,17-18H,3-4,7-8,12H2,(H,20,21). The van der Waals surface area contributed by atoms with Crippen LogP contribution in [0.4, 0.5) is 5.69 Å². The molecule has 1 N–H and O–H groups in total. The number of hydrogen-bond donors (Lipinski definition) is 1. The van der Waals surface area contributed by atoms with E-state index in [-0.39, 0.29) is 18.1 Å². The second-order valence-electron chi connectivity index (χ2n) is 6.80. The van der Waals surface area contributed by atoms with Crippen LogP contribution < -0.4 is 4.90 Å². The molecule has 0 aliphatic carbocycles. The van der Waals surface area contributed by atoms with Gasteiger partial charge in [-0.2, -0.15) is 5.10 Å². The van der Waals surface area contributed by atoms with Crippen LogP contribution in [0.5, 0.6) is 0 Å². The maximum Gasteiger partial charge on any atom is 0.275 e. The lowest BCUT2D eigenvalue weighted by atomic mass is 9.98. The van der Waals surface area contributed by atoms with Crippen LogP contribution in [0.25, 0.3) is 10.9 Å². The molecule has 128 valence electrons. The summed E-state index contributed by atoms with van der Waals surface area (Å²) in [7, 11) is 0. The molecule has 0 saturated carbocycles. The van der Waals surface area contributed by atoms with Gasteiger partial charge in [0.05, 0.1) is 24.0 Å². The van der Waals surface area contributed by atoms with Crippen LogP contribution in [-0.4, -0.2) is 39.4 Å². The normalized spacial score (nSPS) is 23.8. The molecule has 0 bridgehead atoms. The van der Waals surface area contributed by atoms with Gasteiger partial charge in [-0.15, -0.1) is 0 Å². The van der Waals surface area contributed by atoms with Crippen LogP contribution in [0.2, 0.25) is 0 Å². The summed E-state index contributed by atoms with van der Waals surface area (Å²) in [6, 6.07) is 10.1. The first-order valence-corrected chi connectivity index (χ1v) is 8.85. The van der Waals surface area contributed by atoms with Gasteiger partial charge in [0.25, 0.3) is 5.91 Å². The fourth-order valence-corrected chi connectivity index (χ4v) is 4.16. The van der Waals surface area contributed by atoms with E-state index in [9.17, 15) is 4.79 Å². The molecule has 4 heterocycles. The molecule has 1 fully saturated rings. The van der Waals surface area contributed by atoms with Gasteiger partial charge in [-0.25, -0.2) is 0 Å². The summed E-state index contributed by atoms with van der Waals surface area (Å²) in [5.74, 6) is 0.0167. The molecule has 2 aliphatic heterocycles. The first-order chi connectivity index (χ1) is 12.3. The number of aromatic nitrogens is 3. The topological polar surface area (TPSA) is 63.1 Å². The molecule has 0 spiro atoms. The Hall–Kier alpha value is -2.60. The molecular formula is C19H20N4O2. The summed E-state index contributed by atoms with van der Waals surface area (Å²) in [6.45, 7) is 1.51. The summed E-state index contributed by atoms with van der Waals surface area (Å²) in [4.78, 5) is 15.2. The van der Waals surface area contributed by atoms with Gasteiger partial charge in [-0.3, -0.25) is 14.8 Å². The third kappa shape index (κ3) is 2.28. The first kappa shape index (κ1) is 14.7. The number of nitrogens with zero attached hydrogens (tertiary/aromatic N) is 3. The maximum atomic E-state index is 13.3. The van der Waals surface area contributed by atoms with Crippen molar-refractivity contribution in [2.75, 3.05) is 11.5 Å².